The van der Waals surface area contributed by atoms with E-state index in [2.05, 4.69) is 0 Å². The number of hydrogen-bond acceptors (Lipinski definition) is 5. The number of carbonyl (C=O) groups excluding carboxylic acids is 2. The van der Waals surface area contributed by atoms with Gasteiger partial charge in [-0.2, -0.15) is 0 Å². The van der Waals surface area contributed by atoms with Crippen LogP contribution in [0.5, 0.6) is 5.75 Å². The quantitative estimate of drug-likeness (QED) is 0.626. The number of hydrogen-bond donors (Lipinski definition) is 3. The number of anilines is 1. The molecule has 0 radical (unpaired) electrons. The Morgan fingerprint density at radius 2 is 1.48 bits per heavy atom. The van der Waals surface area contributed by atoms with Crippen molar-refractivity contribution in [3.05, 3.63) is 24.3 Å². The number of amides is 2. The first-order chi connectivity index (χ1) is 10.0. The number of phenols is 1. The van der Waals surface area contributed by atoms with Crippen LogP contribution in [0.3, 0.4) is 0 Å². The molecule has 3 aliphatic rings. The highest BCUT2D eigenvalue weighted by molar-refractivity contribution is 6.23. The van der Waals surface area contributed by atoms with E-state index in [1.54, 1.807) is 12.1 Å². The Labute approximate surface area is 120 Å². The maximum absolute atomic E-state index is 12.6. The Hall–Kier alpha value is -1.92. The normalized spacial score (nSPS) is 41.0. The second-order valence-corrected chi connectivity index (χ2v) is 6.10. The van der Waals surface area contributed by atoms with Gasteiger partial charge in [-0.3, -0.25) is 9.59 Å². The van der Waals surface area contributed by atoms with Crippen molar-refractivity contribution in [2.24, 2.45) is 23.7 Å². The van der Waals surface area contributed by atoms with Gasteiger partial charge in [0.25, 0.3) is 0 Å². The van der Waals surface area contributed by atoms with Gasteiger partial charge >= 0.3 is 0 Å². The maximum atomic E-state index is 12.6. The zero-order valence-electron chi connectivity index (χ0n) is 11.1. The van der Waals surface area contributed by atoms with E-state index in [0.29, 0.717) is 6.42 Å². The maximum Gasteiger partial charge on any atom is 0.238 e. The number of benzene rings is 1. The summed E-state index contributed by atoms with van der Waals surface area (Å²) in [6.45, 7) is 0. The van der Waals surface area contributed by atoms with Gasteiger partial charge in [-0.25, -0.2) is 4.90 Å². The minimum Gasteiger partial charge on any atom is -0.506 e. The lowest BCUT2D eigenvalue weighted by Gasteiger charge is -2.29. The van der Waals surface area contributed by atoms with Crippen LogP contribution < -0.4 is 4.90 Å². The number of aliphatic hydroxyl groups excluding tert-OH is 2. The summed E-state index contributed by atoms with van der Waals surface area (Å²) < 4.78 is 0. The molecular formula is C15H15NO5. The van der Waals surface area contributed by atoms with Crippen molar-refractivity contribution < 1.29 is 24.9 Å². The Bertz CT molecular complexity index is 613. The van der Waals surface area contributed by atoms with Gasteiger partial charge in [0.1, 0.15) is 5.75 Å². The molecular weight excluding hydrogens is 274 g/mol. The van der Waals surface area contributed by atoms with Crippen molar-refractivity contribution in [1.29, 1.82) is 0 Å². The summed E-state index contributed by atoms with van der Waals surface area (Å²) >= 11 is 0. The van der Waals surface area contributed by atoms with E-state index in [1.807, 2.05) is 0 Å². The smallest absolute Gasteiger partial charge is 0.238 e. The SMILES string of the molecule is O=C1[C@@H]2[C@@H]3C[C@@H]([C@H](O)[C@H]3O)[C@H]2C(=O)N1c1ccccc1O. The fraction of sp³-hybridized carbons (Fsp3) is 0.467. The summed E-state index contributed by atoms with van der Waals surface area (Å²) in [5.74, 6) is -2.81. The highest BCUT2D eigenvalue weighted by atomic mass is 16.3. The van der Waals surface area contributed by atoms with Crippen molar-refractivity contribution in [2.75, 3.05) is 4.90 Å². The van der Waals surface area contributed by atoms with E-state index in [1.165, 1.54) is 12.1 Å². The van der Waals surface area contributed by atoms with Crippen LogP contribution in [0.2, 0.25) is 0 Å². The van der Waals surface area contributed by atoms with Gasteiger partial charge < -0.3 is 15.3 Å². The minimum absolute atomic E-state index is 0.132. The molecule has 21 heavy (non-hydrogen) atoms. The Morgan fingerprint density at radius 1 is 0.952 bits per heavy atom. The van der Waals surface area contributed by atoms with Crippen LogP contribution in [0.1, 0.15) is 6.42 Å². The van der Waals surface area contributed by atoms with E-state index < -0.39 is 24.0 Å². The van der Waals surface area contributed by atoms with Crippen LogP contribution in [-0.4, -0.2) is 39.3 Å². The van der Waals surface area contributed by atoms with Crippen LogP contribution in [0.4, 0.5) is 5.69 Å². The summed E-state index contributed by atoms with van der Waals surface area (Å²) in [5, 5.41) is 29.8. The number of aromatic hydroxyl groups is 1. The minimum atomic E-state index is -0.947. The Kier molecular flexibility index (Phi) is 2.47. The molecule has 6 nitrogen and oxygen atoms in total. The second-order valence-electron chi connectivity index (χ2n) is 6.10. The molecule has 1 heterocycles. The lowest BCUT2D eigenvalue weighted by Crippen LogP contribution is -2.43. The van der Waals surface area contributed by atoms with Crippen LogP contribution >= 0.6 is 0 Å². The van der Waals surface area contributed by atoms with Crippen molar-refractivity contribution in [2.45, 2.75) is 18.6 Å². The van der Waals surface area contributed by atoms with E-state index >= 15 is 0 Å². The average molecular weight is 289 g/mol. The highest BCUT2D eigenvalue weighted by Gasteiger charge is 2.67. The summed E-state index contributed by atoms with van der Waals surface area (Å²) in [5.41, 5.74) is 0.172. The number of imide groups is 1. The van der Waals surface area contributed by atoms with E-state index in [4.69, 9.17) is 0 Å². The zero-order chi connectivity index (χ0) is 14.9. The molecule has 2 bridgehead atoms. The number of para-hydroxylation sites is 2. The number of nitrogens with zero attached hydrogens (tertiary/aromatic N) is 1. The summed E-state index contributed by atoms with van der Waals surface area (Å²) in [6, 6.07) is 6.19. The van der Waals surface area contributed by atoms with Gasteiger partial charge in [-0.1, -0.05) is 12.1 Å². The van der Waals surface area contributed by atoms with Gasteiger partial charge in [0.05, 0.1) is 29.7 Å². The first-order valence-electron chi connectivity index (χ1n) is 7.04. The number of rotatable bonds is 1. The molecule has 1 aliphatic heterocycles. The molecule has 1 aromatic rings. The monoisotopic (exact) mass is 289 g/mol. The number of aliphatic hydroxyl groups is 2. The van der Waals surface area contributed by atoms with E-state index in [9.17, 15) is 24.9 Å². The third-order valence-corrected chi connectivity index (χ3v) is 5.21. The average Bonchev–Trinajstić information content (AvgIpc) is 3.06. The standard InChI is InChI=1S/C15H15NO5/c17-9-4-2-1-3-8(9)16-14(20)10-6-5-7(11(10)15(16)21)13(19)12(6)18/h1-4,6-7,10-13,17-19H,5H2/t6-,7+,10-,11-,12+,13+/m1/s1. The largest absolute Gasteiger partial charge is 0.506 e. The fourth-order valence-electron chi connectivity index (χ4n) is 4.32. The lowest BCUT2D eigenvalue weighted by atomic mass is 9.78. The van der Waals surface area contributed by atoms with E-state index in [0.717, 1.165) is 4.90 Å². The lowest BCUT2D eigenvalue weighted by molar-refractivity contribution is -0.129. The van der Waals surface area contributed by atoms with Gasteiger partial charge in [0.2, 0.25) is 11.8 Å². The Balaban J connectivity index is 1.77. The molecule has 2 saturated carbocycles. The predicted molar refractivity (Wildman–Crippen MR) is 71.2 cm³/mol. The van der Waals surface area contributed by atoms with Gasteiger partial charge in [0.15, 0.2) is 0 Å². The summed E-state index contributed by atoms with van der Waals surface area (Å²) in [4.78, 5) is 26.2. The number of carbonyl (C=O) groups is 2. The molecule has 6 heteroatoms. The molecule has 0 aromatic heterocycles. The summed E-state index contributed by atoms with van der Waals surface area (Å²) in [7, 11) is 0. The second kappa shape index (κ2) is 4.05. The van der Waals surface area contributed by atoms with Gasteiger partial charge in [0, 0.05) is 11.8 Å². The molecule has 4 rings (SSSR count). The molecule has 2 amide bonds. The molecule has 1 saturated heterocycles. The predicted octanol–water partition coefficient (Wildman–Crippen LogP) is -0.131. The van der Waals surface area contributed by atoms with Crippen LogP contribution in [0.15, 0.2) is 24.3 Å². The molecule has 3 N–H and O–H groups in total. The van der Waals surface area contributed by atoms with Gasteiger partial charge in [-0.15, -0.1) is 0 Å². The van der Waals surface area contributed by atoms with Crippen LogP contribution in [-0.2, 0) is 9.59 Å². The molecule has 1 aromatic carbocycles. The fourth-order valence-corrected chi connectivity index (χ4v) is 4.32. The van der Waals surface area contributed by atoms with Crippen LogP contribution in [0.25, 0.3) is 0 Å². The van der Waals surface area contributed by atoms with Crippen molar-refractivity contribution >= 4 is 17.5 Å². The molecule has 0 unspecified atom stereocenters. The summed E-state index contributed by atoms with van der Waals surface area (Å²) in [6.07, 6.45) is -1.39. The first kappa shape index (κ1) is 12.8. The molecule has 0 spiro atoms. The topological polar surface area (TPSA) is 98.1 Å². The third kappa shape index (κ3) is 1.43. The number of phenolic OH excluding ortho intramolecular Hbond substituents is 1. The highest BCUT2D eigenvalue weighted by Crippen LogP contribution is 2.57. The van der Waals surface area contributed by atoms with Crippen molar-refractivity contribution in [3.8, 4) is 5.75 Å². The molecule has 2 aliphatic carbocycles. The van der Waals surface area contributed by atoms with E-state index in [-0.39, 0.29) is 35.1 Å². The first-order valence-corrected chi connectivity index (χ1v) is 7.04. The third-order valence-electron chi connectivity index (χ3n) is 5.21. The number of fused-ring (bicyclic) bond motifs is 5. The Morgan fingerprint density at radius 3 is 2.00 bits per heavy atom. The van der Waals surface area contributed by atoms with Gasteiger partial charge in [-0.05, 0) is 18.6 Å². The van der Waals surface area contributed by atoms with Crippen LogP contribution in [0, 0.1) is 23.7 Å². The molecule has 110 valence electrons. The van der Waals surface area contributed by atoms with Crippen molar-refractivity contribution in [3.63, 3.8) is 0 Å². The zero-order valence-corrected chi connectivity index (χ0v) is 11.1. The molecule has 3 fully saturated rings. The molecule has 6 atom stereocenters. The van der Waals surface area contributed by atoms with Crippen molar-refractivity contribution in [1.82, 2.24) is 0 Å².